The minimum Gasteiger partial charge on any atom is -0.328 e. The van der Waals surface area contributed by atoms with E-state index in [0.29, 0.717) is 12.5 Å². The van der Waals surface area contributed by atoms with E-state index in [0.717, 1.165) is 54.3 Å². The molecular weight excluding hydrogens is 434 g/mol. The molecule has 0 atom stereocenters. The van der Waals surface area contributed by atoms with Crippen LogP contribution in [0.5, 0.6) is 0 Å². The van der Waals surface area contributed by atoms with Crippen molar-refractivity contribution in [3.63, 3.8) is 0 Å². The first-order chi connectivity index (χ1) is 17.0. The van der Waals surface area contributed by atoms with Gasteiger partial charge in [0.1, 0.15) is 5.82 Å². The number of likely N-dealkylation sites (tertiary alicyclic amines) is 1. The second-order valence-corrected chi connectivity index (χ2v) is 9.38. The van der Waals surface area contributed by atoms with E-state index in [1.807, 2.05) is 54.7 Å². The minimum absolute atomic E-state index is 0.0384. The lowest BCUT2D eigenvalue weighted by Crippen LogP contribution is -2.48. The second kappa shape index (κ2) is 11.3. The van der Waals surface area contributed by atoms with Crippen LogP contribution in [0.25, 0.3) is 0 Å². The Labute approximate surface area is 208 Å². The fourth-order valence-electron chi connectivity index (χ4n) is 4.86. The first-order valence-electron chi connectivity index (χ1n) is 12.3. The number of hydrogen-bond acceptors (Lipinski definition) is 5. The molecule has 1 aliphatic heterocycles. The van der Waals surface area contributed by atoms with Crippen LogP contribution in [0.4, 0.5) is 17.2 Å². The van der Waals surface area contributed by atoms with Crippen molar-refractivity contribution < 1.29 is 4.79 Å². The number of pyridine rings is 2. The largest absolute Gasteiger partial charge is 0.328 e. The third-order valence-corrected chi connectivity index (χ3v) is 6.81. The van der Waals surface area contributed by atoms with Gasteiger partial charge in [0.25, 0.3) is 5.91 Å². The number of carbonyl (C=O) groups is 1. The summed E-state index contributed by atoms with van der Waals surface area (Å²) in [4.78, 5) is 28.4. The number of rotatable bonds is 8. The predicted octanol–water partition coefficient (Wildman–Crippen LogP) is 5.23. The van der Waals surface area contributed by atoms with Crippen LogP contribution in [-0.4, -0.2) is 53.0 Å². The van der Waals surface area contributed by atoms with E-state index < -0.39 is 0 Å². The van der Waals surface area contributed by atoms with E-state index in [-0.39, 0.29) is 11.9 Å². The fourth-order valence-corrected chi connectivity index (χ4v) is 4.86. The summed E-state index contributed by atoms with van der Waals surface area (Å²) in [5.41, 5.74) is 4.17. The van der Waals surface area contributed by atoms with Gasteiger partial charge in [0.15, 0.2) is 0 Å². The molecule has 35 heavy (non-hydrogen) atoms. The maximum absolute atomic E-state index is 13.0. The number of hydrogen-bond donors (Lipinski definition) is 0. The first kappa shape index (κ1) is 24.6. The molecule has 1 amide bonds. The number of benzene rings is 1. The molecule has 2 aromatic heterocycles. The summed E-state index contributed by atoms with van der Waals surface area (Å²) in [6, 6.07) is 17.1. The van der Waals surface area contributed by atoms with Crippen molar-refractivity contribution >= 4 is 23.1 Å². The van der Waals surface area contributed by atoms with E-state index in [1.54, 1.807) is 6.20 Å². The van der Waals surface area contributed by atoms with Crippen LogP contribution < -0.4 is 9.80 Å². The quantitative estimate of drug-likeness (QED) is 0.423. The third-order valence-electron chi connectivity index (χ3n) is 6.81. The van der Waals surface area contributed by atoms with E-state index in [1.165, 1.54) is 6.08 Å². The van der Waals surface area contributed by atoms with Crippen molar-refractivity contribution in [3.8, 4) is 0 Å². The third kappa shape index (κ3) is 5.77. The molecule has 1 saturated heterocycles. The van der Waals surface area contributed by atoms with Gasteiger partial charge in [-0.25, -0.2) is 4.98 Å². The van der Waals surface area contributed by atoms with Gasteiger partial charge < -0.3 is 14.7 Å². The van der Waals surface area contributed by atoms with Crippen molar-refractivity contribution in [2.75, 3.05) is 29.9 Å². The van der Waals surface area contributed by atoms with E-state index in [2.05, 4.69) is 58.4 Å². The number of anilines is 3. The lowest BCUT2D eigenvalue weighted by atomic mass is 9.99. The molecule has 3 aromatic rings. The zero-order valence-electron chi connectivity index (χ0n) is 21.0. The zero-order valence-corrected chi connectivity index (χ0v) is 21.0. The van der Waals surface area contributed by atoms with E-state index >= 15 is 0 Å². The highest BCUT2D eigenvalue weighted by atomic mass is 16.2. The molecule has 0 unspecified atom stereocenters. The van der Waals surface area contributed by atoms with Gasteiger partial charge in [0.05, 0.1) is 11.9 Å². The Bertz CT molecular complexity index is 1140. The molecule has 6 nitrogen and oxygen atoms in total. The van der Waals surface area contributed by atoms with Crippen molar-refractivity contribution in [2.45, 2.75) is 45.2 Å². The summed E-state index contributed by atoms with van der Waals surface area (Å²) in [7, 11) is 2.01. The standard InChI is InChI=1S/C29H35N5O/c1-5-28(35)34(25-13-17-33(18-14-25)22(2)3)26-11-6-9-23(20-26)19-24-10-7-16-31-29(24)32(4)27-12-8-15-30-21-27/h5-12,15-16,20-22,25H,1,13-14,17-19H2,2-4H3. The average molecular weight is 470 g/mol. The molecule has 0 spiro atoms. The minimum atomic E-state index is -0.0384. The molecule has 182 valence electrons. The number of carbonyl (C=O) groups excluding carboxylic acids is 1. The smallest absolute Gasteiger partial charge is 0.250 e. The Morgan fingerprint density at radius 3 is 2.54 bits per heavy atom. The lowest BCUT2D eigenvalue weighted by Gasteiger charge is -2.39. The van der Waals surface area contributed by atoms with Crippen LogP contribution in [0, 0.1) is 0 Å². The number of nitrogens with zero attached hydrogens (tertiary/aromatic N) is 5. The van der Waals surface area contributed by atoms with Crippen molar-refractivity contribution in [1.29, 1.82) is 0 Å². The summed E-state index contributed by atoms with van der Waals surface area (Å²) in [6.45, 7) is 10.2. The van der Waals surface area contributed by atoms with E-state index in [4.69, 9.17) is 0 Å². The summed E-state index contributed by atoms with van der Waals surface area (Å²) in [5, 5.41) is 0. The molecule has 0 N–H and O–H groups in total. The summed E-state index contributed by atoms with van der Waals surface area (Å²) in [5.74, 6) is 0.856. The van der Waals surface area contributed by atoms with Crippen LogP contribution in [0.3, 0.4) is 0 Å². The van der Waals surface area contributed by atoms with Gasteiger partial charge in [-0.2, -0.15) is 0 Å². The van der Waals surface area contributed by atoms with Crippen LogP contribution in [0.1, 0.15) is 37.8 Å². The van der Waals surface area contributed by atoms with Gasteiger partial charge in [-0.15, -0.1) is 0 Å². The van der Waals surface area contributed by atoms with Crippen LogP contribution >= 0.6 is 0 Å². The Morgan fingerprint density at radius 2 is 1.86 bits per heavy atom. The highest BCUT2D eigenvalue weighted by Crippen LogP contribution is 2.29. The molecule has 0 aliphatic carbocycles. The van der Waals surface area contributed by atoms with Crippen LogP contribution in [-0.2, 0) is 11.2 Å². The number of aromatic nitrogens is 2. The maximum atomic E-state index is 13.0. The van der Waals surface area contributed by atoms with Crippen molar-refractivity contribution in [3.05, 3.63) is 90.9 Å². The molecule has 0 radical (unpaired) electrons. The second-order valence-electron chi connectivity index (χ2n) is 9.38. The molecule has 0 bridgehead atoms. The number of amides is 1. The average Bonchev–Trinajstić information content (AvgIpc) is 2.89. The lowest BCUT2D eigenvalue weighted by molar-refractivity contribution is -0.114. The molecule has 1 fully saturated rings. The monoisotopic (exact) mass is 469 g/mol. The molecule has 1 aliphatic rings. The highest BCUT2D eigenvalue weighted by Gasteiger charge is 2.29. The Kier molecular flexibility index (Phi) is 7.93. The summed E-state index contributed by atoms with van der Waals surface area (Å²) >= 11 is 0. The Balaban J connectivity index is 1.58. The fraction of sp³-hybridized carbons (Fsp3) is 0.345. The summed E-state index contributed by atoms with van der Waals surface area (Å²) < 4.78 is 0. The normalized spacial score (nSPS) is 14.6. The van der Waals surface area contributed by atoms with Gasteiger partial charge in [-0.05, 0) is 74.2 Å². The van der Waals surface area contributed by atoms with Crippen LogP contribution in [0.15, 0.2) is 79.8 Å². The van der Waals surface area contributed by atoms with Gasteiger partial charge in [0.2, 0.25) is 0 Å². The maximum Gasteiger partial charge on any atom is 0.250 e. The van der Waals surface area contributed by atoms with Gasteiger partial charge in [-0.3, -0.25) is 9.78 Å². The molecule has 0 saturated carbocycles. The van der Waals surface area contributed by atoms with Crippen LogP contribution in [0.2, 0.25) is 0 Å². The van der Waals surface area contributed by atoms with E-state index in [9.17, 15) is 4.79 Å². The SMILES string of the molecule is C=CC(=O)N(c1cccc(Cc2cccnc2N(C)c2cccnc2)c1)C1CCN(C(C)C)CC1. The summed E-state index contributed by atoms with van der Waals surface area (Å²) in [6.07, 6.45) is 9.49. The first-order valence-corrected chi connectivity index (χ1v) is 12.3. The molecule has 1 aromatic carbocycles. The number of piperidine rings is 1. The molecular formula is C29H35N5O. The van der Waals surface area contributed by atoms with Gasteiger partial charge in [0, 0.05) is 56.7 Å². The van der Waals surface area contributed by atoms with Crippen molar-refractivity contribution in [2.24, 2.45) is 0 Å². The Hall–Kier alpha value is -3.51. The molecule has 4 rings (SSSR count). The zero-order chi connectivity index (χ0) is 24.8. The molecule has 3 heterocycles. The van der Waals surface area contributed by atoms with Gasteiger partial charge >= 0.3 is 0 Å². The highest BCUT2D eigenvalue weighted by molar-refractivity contribution is 6.01. The topological polar surface area (TPSA) is 52.6 Å². The predicted molar refractivity (Wildman–Crippen MR) is 143 cm³/mol. The Morgan fingerprint density at radius 1 is 1.11 bits per heavy atom. The van der Waals surface area contributed by atoms with Crippen molar-refractivity contribution in [1.82, 2.24) is 14.9 Å². The molecule has 6 heteroatoms. The van der Waals surface area contributed by atoms with Gasteiger partial charge in [-0.1, -0.05) is 24.8 Å².